The van der Waals surface area contributed by atoms with Crippen molar-refractivity contribution >= 4 is 34.4 Å². The number of carbonyl (C=O) groups excluding carboxylic acids is 1. The van der Waals surface area contributed by atoms with Crippen molar-refractivity contribution < 1.29 is 4.79 Å². The van der Waals surface area contributed by atoms with Gasteiger partial charge < -0.3 is 10.3 Å². The smallest absolute Gasteiger partial charge is 0.276 e. The number of amides is 1. The minimum Gasteiger partial charge on any atom is -0.354 e. The molecule has 1 aliphatic heterocycles. The van der Waals surface area contributed by atoms with Crippen molar-refractivity contribution in [3.63, 3.8) is 0 Å². The Morgan fingerprint density at radius 2 is 1.82 bits per heavy atom. The van der Waals surface area contributed by atoms with E-state index in [2.05, 4.69) is 20.5 Å². The molecule has 5 heteroatoms. The second kappa shape index (κ2) is 4.96. The highest BCUT2D eigenvalue weighted by atomic mass is 16.2. The first-order valence-corrected chi connectivity index (χ1v) is 6.91. The van der Waals surface area contributed by atoms with Crippen molar-refractivity contribution in [2.24, 2.45) is 10.2 Å². The van der Waals surface area contributed by atoms with E-state index >= 15 is 0 Å². The van der Waals surface area contributed by atoms with E-state index in [0.29, 0.717) is 5.71 Å². The molecule has 0 aliphatic carbocycles. The topological polar surface area (TPSA) is 69.6 Å². The van der Waals surface area contributed by atoms with Crippen LogP contribution in [0.25, 0.3) is 10.9 Å². The van der Waals surface area contributed by atoms with Crippen LogP contribution in [0.1, 0.15) is 11.3 Å². The number of para-hydroxylation sites is 2. The zero-order chi connectivity index (χ0) is 14.9. The second-order valence-electron chi connectivity index (χ2n) is 5.00. The summed E-state index contributed by atoms with van der Waals surface area (Å²) < 4.78 is 0. The van der Waals surface area contributed by atoms with Crippen molar-refractivity contribution in [3.8, 4) is 0 Å². The molecule has 0 saturated heterocycles. The number of fused-ring (bicyclic) bond motifs is 2. The van der Waals surface area contributed by atoms with E-state index in [9.17, 15) is 4.79 Å². The van der Waals surface area contributed by atoms with Crippen LogP contribution >= 0.6 is 0 Å². The molecular formula is C17H12N4O. The Kier molecular flexibility index (Phi) is 2.83. The summed E-state index contributed by atoms with van der Waals surface area (Å²) in [5.41, 5.74) is 3.77. The second-order valence-corrected chi connectivity index (χ2v) is 5.00. The third-order valence-corrected chi connectivity index (χ3v) is 3.55. The molecule has 2 aromatic carbocycles. The van der Waals surface area contributed by atoms with Gasteiger partial charge in [-0.15, -0.1) is 5.10 Å². The first-order chi connectivity index (χ1) is 10.8. The van der Waals surface area contributed by atoms with Crippen LogP contribution in [-0.4, -0.2) is 22.8 Å². The summed E-state index contributed by atoms with van der Waals surface area (Å²) in [6.07, 6.45) is 1.61. The number of hydrogen-bond acceptors (Lipinski definition) is 3. The normalized spacial score (nSPS) is 15.6. The molecule has 3 aromatic rings. The number of benzene rings is 2. The minimum atomic E-state index is -0.227. The SMILES string of the molecule is O=C1Nc2ccccc2/C1=N\N=C/c1cc2ccccc2[nH]1. The van der Waals surface area contributed by atoms with Gasteiger partial charge in [0.05, 0.1) is 17.6 Å². The first kappa shape index (κ1) is 12.5. The van der Waals surface area contributed by atoms with Gasteiger partial charge in [0.15, 0.2) is 5.71 Å². The van der Waals surface area contributed by atoms with E-state index in [4.69, 9.17) is 0 Å². The van der Waals surface area contributed by atoms with Gasteiger partial charge in [-0.1, -0.05) is 36.4 Å². The van der Waals surface area contributed by atoms with Gasteiger partial charge in [-0.25, -0.2) is 0 Å². The summed E-state index contributed by atoms with van der Waals surface area (Å²) in [6.45, 7) is 0. The summed E-state index contributed by atoms with van der Waals surface area (Å²) in [6, 6.07) is 17.4. The average molecular weight is 288 g/mol. The van der Waals surface area contributed by atoms with E-state index in [-0.39, 0.29) is 5.91 Å². The molecule has 0 bridgehead atoms. The van der Waals surface area contributed by atoms with Gasteiger partial charge in [0.1, 0.15) is 0 Å². The number of nitrogens with zero attached hydrogens (tertiary/aromatic N) is 2. The Bertz CT molecular complexity index is 903. The van der Waals surface area contributed by atoms with Gasteiger partial charge in [-0.2, -0.15) is 5.10 Å². The third kappa shape index (κ3) is 2.09. The summed E-state index contributed by atoms with van der Waals surface area (Å²) in [4.78, 5) is 15.1. The van der Waals surface area contributed by atoms with Gasteiger partial charge in [0, 0.05) is 16.5 Å². The number of hydrogen-bond donors (Lipinski definition) is 2. The summed E-state index contributed by atoms with van der Waals surface area (Å²) in [7, 11) is 0. The molecule has 1 amide bonds. The molecule has 0 fully saturated rings. The van der Waals surface area contributed by atoms with Gasteiger partial charge >= 0.3 is 0 Å². The standard InChI is InChI=1S/C17H12N4O/c22-17-16(13-6-2-4-8-15(13)20-17)21-18-10-12-9-11-5-1-3-7-14(11)19-12/h1-10,19H,(H,20,21,22)/b18-10-. The fourth-order valence-electron chi connectivity index (χ4n) is 2.52. The number of rotatable bonds is 2. The molecule has 106 valence electrons. The highest BCUT2D eigenvalue weighted by Gasteiger charge is 2.25. The summed E-state index contributed by atoms with van der Waals surface area (Å²) in [5, 5.41) is 12.0. The van der Waals surface area contributed by atoms with E-state index in [1.54, 1.807) is 6.21 Å². The maximum absolute atomic E-state index is 11.9. The van der Waals surface area contributed by atoms with Crippen molar-refractivity contribution in [1.82, 2.24) is 4.98 Å². The highest BCUT2D eigenvalue weighted by Crippen LogP contribution is 2.22. The summed E-state index contributed by atoms with van der Waals surface area (Å²) >= 11 is 0. The minimum absolute atomic E-state index is 0.227. The highest BCUT2D eigenvalue weighted by molar-refractivity contribution is 6.53. The molecule has 2 N–H and O–H groups in total. The molecule has 1 aliphatic rings. The molecule has 0 spiro atoms. The van der Waals surface area contributed by atoms with Crippen LogP contribution in [0.4, 0.5) is 5.69 Å². The first-order valence-electron chi connectivity index (χ1n) is 6.91. The molecule has 2 heterocycles. The maximum Gasteiger partial charge on any atom is 0.276 e. The monoisotopic (exact) mass is 288 g/mol. The predicted octanol–water partition coefficient (Wildman–Crippen LogP) is 2.94. The number of carbonyl (C=O) groups is 1. The van der Waals surface area contributed by atoms with Crippen LogP contribution in [0.5, 0.6) is 0 Å². The van der Waals surface area contributed by atoms with Crippen LogP contribution in [-0.2, 0) is 4.79 Å². The van der Waals surface area contributed by atoms with Crippen molar-refractivity contribution in [3.05, 3.63) is 65.9 Å². The van der Waals surface area contributed by atoms with Crippen molar-refractivity contribution in [2.75, 3.05) is 5.32 Å². The molecule has 0 atom stereocenters. The van der Waals surface area contributed by atoms with Gasteiger partial charge in [-0.05, 0) is 18.2 Å². The van der Waals surface area contributed by atoms with Gasteiger partial charge in [0.2, 0.25) is 0 Å². The van der Waals surface area contributed by atoms with Gasteiger partial charge in [-0.3, -0.25) is 4.79 Å². The lowest BCUT2D eigenvalue weighted by atomic mass is 10.1. The van der Waals surface area contributed by atoms with E-state index < -0.39 is 0 Å². The number of H-pyrrole nitrogens is 1. The molecule has 1 aromatic heterocycles. The molecular weight excluding hydrogens is 276 g/mol. The zero-order valence-corrected chi connectivity index (χ0v) is 11.6. The molecule has 0 unspecified atom stereocenters. The Morgan fingerprint density at radius 1 is 1.00 bits per heavy atom. The van der Waals surface area contributed by atoms with Gasteiger partial charge in [0.25, 0.3) is 5.91 Å². The van der Waals surface area contributed by atoms with Crippen LogP contribution < -0.4 is 5.32 Å². The predicted molar refractivity (Wildman–Crippen MR) is 87.5 cm³/mol. The molecule has 5 nitrogen and oxygen atoms in total. The summed E-state index contributed by atoms with van der Waals surface area (Å²) in [5.74, 6) is -0.227. The average Bonchev–Trinajstić information content (AvgIpc) is 3.08. The van der Waals surface area contributed by atoms with Crippen LogP contribution in [0.2, 0.25) is 0 Å². The fraction of sp³-hybridized carbons (Fsp3) is 0. The van der Waals surface area contributed by atoms with Crippen LogP contribution in [0.3, 0.4) is 0 Å². The Morgan fingerprint density at radius 3 is 2.73 bits per heavy atom. The lowest BCUT2D eigenvalue weighted by molar-refractivity contribution is -0.110. The molecule has 22 heavy (non-hydrogen) atoms. The van der Waals surface area contributed by atoms with E-state index in [1.807, 2.05) is 54.6 Å². The van der Waals surface area contributed by atoms with E-state index in [0.717, 1.165) is 27.8 Å². The Labute approximate surface area is 126 Å². The number of anilines is 1. The lowest BCUT2D eigenvalue weighted by Gasteiger charge is -1.93. The maximum atomic E-state index is 11.9. The number of nitrogens with one attached hydrogen (secondary N) is 2. The van der Waals surface area contributed by atoms with E-state index in [1.165, 1.54) is 0 Å². The van der Waals surface area contributed by atoms with Crippen LogP contribution in [0, 0.1) is 0 Å². The fourth-order valence-corrected chi connectivity index (χ4v) is 2.52. The Balaban J connectivity index is 1.65. The molecule has 4 rings (SSSR count). The lowest BCUT2D eigenvalue weighted by Crippen LogP contribution is -2.13. The zero-order valence-electron chi connectivity index (χ0n) is 11.6. The largest absolute Gasteiger partial charge is 0.354 e. The Hall–Kier alpha value is -3.21. The quantitative estimate of drug-likeness (QED) is 0.552. The molecule has 0 saturated carbocycles. The van der Waals surface area contributed by atoms with Crippen molar-refractivity contribution in [1.29, 1.82) is 0 Å². The van der Waals surface area contributed by atoms with Crippen molar-refractivity contribution in [2.45, 2.75) is 0 Å². The van der Waals surface area contributed by atoms with Crippen LogP contribution in [0.15, 0.2) is 64.8 Å². The molecule has 0 radical (unpaired) electrons. The third-order valence-electron chi connectivity index (χ3n) is 3.55. The number of aromatic nitrogens is 1. The number of aromatic amines is 1.